The van der Waals surface area contributed by atoms with E-state index >= 15 is 0 Å². The van der Waals surface area contributed by atoms with E-state index in [2.05, 4.69) is 29.2 Å². The lowest BCUT2D eigenvalue weighted by atomic mass is 10.1. The zero-order chi connectivity index (χ0) is 13.4. The second-order valence-electron chi connectivity index (χ2n) is 4.49. The minimum Gasteiger partial charge on any atom is -0.481 e. The maximum Gasteiger partial charge on any atom is 0.312 e. The Morgan fingerprint density at radius 1 is 1.42 bits per heavy atom. The molecule has 19 heavy (non-hydrogen) atoms. The molecule has 1 atom stereocenters. The minimum absolute atomic E-state index is 0.412. The van der Waals surface area contributed by atoms with Crippen molar-refractivity contribution >= 4 is 29.1 Å². The van der Waals surface area contributed by atoms with Crippen LogP contribution in [0.25, 0.3) is 10.6 Å². The van der Waals surface area contributed by atoms with E-state index in [9.17, 15) is 9.90 Å². The van der Waals surface area contributed by atoms with Crippen molar-refractivity contribution in [3.8, 4) is 10.6 Å². The van der Waals surface area contributed by atoms with Gasteiger partial charge < -0.3 is 5.11 Å². The van der Waals surface area contributed by atoms with Crippen LogP contribution < -0.4 is 0 Å². The van der Waals surface area contributed by atoms with E-state index in [-0.39, 0.29) is 0 Å². The lowest BCUT2D eigenvalue weighted by Crippen LogP contribution is -2.08. The summed E-state index contributed by atoms with van der Waals surface area (Å²) in [5, 5.41) is 10.1. The van der Waals surface area contributed by atoms with Crippen molar-refractivity contribution in [3.63, 3.8) is 0 Å². The molecule has 3 rings (SSSR count). The van der Waals surface area contributed by atoms with Gasteiger partial charge in [-0.2, -0.15) is 0 Å². The molecule has 1 aromatic heterocycles. The summed E-state index contributed by atoms with van der Waals surface area (Å²) in [5.74, 6) is -1.17. The zero-order valence-electron chi connectivity index (χ0n) is 10.4. The van der Waals surface area contributed by atoms with Crippen LogP contribution in [-0.4, -0.2) is 22.3 Å². The topological polar surface area (TPSA) is 50.2 Å². The first-order valence-corrected chi connectivity index (χ1v) is 8.10. The summed E-state index contributed by atoms with van der Waals surface area (Å²) in [6.07, 6.45) is 3.58. The lowest BCUT2D eigenvalue weighted by Gasteiger charge is -2.02. The van der Waals surface area contributed by atoms with Gasteiger partial charge in [-0.15, -0.1) is 23.1 Å². The number of thioether (sulfide) groups is 1. The number of carboxylic acids is 1. The molecule has 0 amide bonds. The van der Waals surface area contributed by atoms with Crippen molar-refractivity contribution in [1.29, 1.82) is 0 Å². The maximum atomic E-state index is 11.2. The smallest absolute Gasteiger partial charge is 0.312 e. The number of aryl methyl sites for hydroxylation is 1. The highest BCUT2D eigenvalue weighted by atomic mass is 32.2. The number of hydrogen-bond donors (Lipinski definition) is 1. The summed E-state index contributed by atoms with van der Waals surface area (Å²) in [4.78, 5) is 18.1. The number of rotatable bonds is 3. The second kappa shape index (κ2) is 4.98. The van der Waals surface area contributed by atoms with E-state index in [1.807, 2.05) is 6.26 Å². The summed E-state index contributed by atoms with van der Waals surface area (Å²) in [7, 11) is 0. The summed E-state index contributed by atoms with van der Waals surface area (Å²) in [6.45, 7) is 0. The fourth-order valence-corrected chi connectivity index (χ4v) is 3.88. The zero-order valence-corrected chi connectivity index (χ0v) is 12.1. The van der Waals surface area contributed by atoms with Gasteiger partial charge in [0.1, 0.15) is 10.9 Å². The number of hydrogen-bond acceptors (Lipinski definition) is 4. The molecular weight excluding hydrogens is 278 g/mol. The van der Waals surface area contributed by atoms with Gasteiger partial charge in [0.2, 0.25) is 0 Å². The standard InChI is InChI=1S/C14H13NO2S2/c1-18-9-4-2-8(3-5-9)13-15-12-10(14(16)17)6-7-11(12)19-13/h2-5,10H,6-7H2,1H3,(H,16,17). The second-order valence-corrected chi connectivity index (χ2v) is 6.45. The van der Waals surface area contributed by atoms with Crippen LogP contribution in [0.4, 0.5) is 0 Å². The fourth-order valence-electron chi connectivity index (χ4n) is 2.32. The van der Waals surface area contributed by atoms with Crippen LogP contribution in [-0.2, 0) is 11.2 Å². The third kappa shape index (κ3) is 2.28. The highest BCUT2D eigenvalue weighted by molar-refractivity contribution is 7.98. The van der Waals surface area contributed by atoms with Crippen molar-refractivity contribution in [3.05, 3.63) is 34.8 Å². The molecule has 1 unspecified atom stereocenters. The van der Waals surface area contributed by atoms with Crippen LogP contribution in [0.5, 0.6) is 0 Å². The van der Waals surface area contributed by atoms with E-state index in [4.69, 9.17) is 0 Å². The average molecular weight is 291 g/mol. The third-order valence-corrected chi connectivity index (χ3v) is 5.28. The van der Waals surface area contributed by atoms with Gasteiger partial charge >= 0.3 is 5.97 Å². The predicted molar refractivity (Wildman–Crippen MR) is 78.0 cm³/mol. The van der Waals surface area contributed by atoms with Crippen LogP contribution in [0.3, 0.4) is 0 Å². The number of benzene rings is 1. The Morgan fingerprint density at radius 2 is 2.16 bits per heavy atom. The van der Waals surface area contributed by atoms with Gasteiger partial charge in [-0.25, -0.2) is 4.98 Å². The SMILES string of the molecule is CSc1ccc(-c2nc3c(s2)CCC3C(=O)O)cc1. The molecule has 1 aliphatic rings. The molecule has 1 aliphatic carbocycles. The van der Waals surface area contributed by atoms with Crippen molar-refractivity contribution in [2.75, 3.05) is 6.26 Å². The Balaban J connectivity index is 1.95. The molecule has 0 radical (unpaired) electrons. The molecule has 1 heterocycles. The predicted octanol–water partition coefficient (Wildman–Crippen LogP) is 3.65. The quantitative estimate of drug-likeness (QED) is 0.877. The lowest BCUT2D eigenvalue weighted by molar-refractivity contribution is -0.138. The maximum absolute atomic E-state index is 11.2. The van der Waals surface area contributed by atoms with Crippen LogP contribution >= 0.6 is 23.1 Å². The molecule has 0 bridgehead atoms. The van der Waals surface area contributed by atoms with Gasteiger partial charge in [0.15, 0.2) is 0 Å². The first-order chi connectivity index (χ1) is 9.19. The van der Waals surface area contributed by atoms with E-state index in [1.54, 1.807) is 23.1 Å². The Morgan fingerprint density at radius 3 is 2.79 bits per heavy atom. The Labute approximate surface area is 119 Å². The van der Waals surface area contributed by atoms with Gasteiger partial charge in [0, 0.05) is 15.3 Å². The molecule has 0 saturated carbocycles. The molecule has 1 N–H and O–H groups in total. The van der Waals surface area contributed by atoms with E-state index < -0.39 is 11.9 Å². The van der Waals surface area contributed by atoms with Crippen molar-refractivity contribution in [2.24, 2.45) is 0 Å². The molecular formula is C14H13NO2S2. The molecule has 0 spiro atoms. The highest BCUT2D eigenvalue weighted by Crippen LogP contribution is 2.39. The van der Waals surface area contributed by atoms with Crippen molar-refractivity contribution in [2.45, 2.75) is 23.7 Å². The largest absolute Gasteiger partial charge is 0.481 e. The number of carbonyl (C=O) groups is 1. The summed E-state index contributed by atoms with van der Waals surface area (Å²) in [5.41, 5.74) is 1.85. The molecule has 2 aromatic rings. The summed E-state index contributed by atoms with van der Waals surface area (Å²) >= 11 is 3.33. The minimum atomic E-state index is -0.756. The first-order valence-electron chi connectivity index (χ1n) is 6.06. The first kappa shape index (κ1) is 12.7. The van der Waals surface area contributed by atoms with Gasteiger partial charge in [-0.3, -0.25) is 4.79 Å². The molecule has 5 heteroatoms. The van der Waals surface area contributed by atoms with Gasteiger partial charge in [-0.1, -0.05) is 12.1 Å². The van der Waals surface area contributed by atoms with E-state index in [1.165, 1.54) is 4.90 Å². The van der Waals surface area contributed by atoms with Gasteiger partial charge in [-0.05, 0) is 31.2 Å². The normalized spacial score (nSPS) is 17.4. The Bertz CT molecular complexity index is 619. The number of thiazole rings is 1. The third-order valence-electron chi connectivity index (χ3n) is 3.35. The average Bonchev–Trinajstić information content (AvgIpc) is 2.98. The monoisotopic (exact) mass is 291 g/mol. The van der Waals surface area contributed by atoms with Crippen LogP contribution in [0.2, 0.25) is 0 Å². The fraction of sp³-hybridized carbons (Fsp3) is 0.286. The van der Waals surface area contributed by atoms with Crippen molar-refractivity contribution < 1.29 is 9.90 Å². The van der Waals surface area contributed by atoms with E-state index in [0.29, 0.717) is 6.42 Å². The number of aromatic nitrogens is 1. The number of carboxylic acid groups (broad SMARTS) is 1. The van der Waals surface area contributed by atoms with Crippen molar-refractivity contribution in [1.82, 2.24) is 4.98 Å². The molecule has 0 saturated heterocycles. The Hall–Kier alpha value is -1.33. The van der Waals surface area contributed by atoms with Crippen LogP contribution in [0.15, 0.2) is 29.2 Å². The summed E-state index contributed by atoms with van der Waals surface area (Å²) < 4.78 is 0. The van der Waals surface area contributed by atoms with Crippen LogP contribution in [0.1, 0.15) is 22.9 Å². The van der Waals surface area contributed by atoms with Crippen LogP contribution in [0, 0.1) is 0 Å². The number of fused-ring (bicyclic) bond motifs is 1. The van der Waals surface area contributed by atoms with Gasteiger partial charge in [0.25, 0.3) is 0 Å². The molecule has 1 aromatic carbocycles. The molecule has 0 aliphatic heterocycles. The molecule has 3 nitrogen and oxygen atoms in total. The number of nitrogens with zero attached hydrogens (tertiary/aromatic N) is 1. The molecule has 98 valence electrons. The molecule has 0 fully saturated rings. The summed E-state index contributed by atoms with van der Waals surface area (Å²) in [6, 6.07) is 8.24. The van der Waals surface area contributed by atoms with Gasteiger partial charge in [0.05, 0.1) is 5.69 Å². The highest BCUT2D eigenvalue weighted by Gasteiger charge is 2.32. The van der Waals surface area contributed by atoms with E-state index in [0.717, 1.165) is 27.6 Å². The number of aliphatic carboxylic acids is 1. The Kier molecular flexibility index (Phi) is 3.33.